The minimum Gasteiger partial charge on any atom is -0.490 e. The van der Waals surface area contributed by atoms with Crippen LogP contribution < -0.4 is 30.9 Å². The van der Waals surface area contributed by atoms with Gasteiger partial charge < -0.3 is 30.5 Å². The Kier molecular flexibility index (Phi) is 7.85. The topological polar surface area (TPSA) is 132 Å². The number of nitrogens with one attached hydrogen (secondary N) is 4. The molecule has 4 N–H and O–H groups in total. The first-order valence-corrected chi connectivity index (χ1v) is 13.4. The number of nitrogens with zero attached hydrogens (tertiary/aromatic N) is 2. The second-order valence-corrected chi connectivity index (χ2v) is 10.3. The second-order valence-electron chi connectivity index (χ2n) is 10.3. The maximum Gasteiger partial charge on any atom is 0.323 e. The summed E-state index contributed by atoms with van der Waals surface area (Å²) in [5, 5.41) is 10.3. The molecular formula is C28H34N6O5. The monoisotopic (exact) mass is 534 g/mol. The Balaban J connectivity index is 1.09. The molecule has 206 valence electrons. The predicted octanol–water partition coefficient (Wildman–Crippen LogP) is 3.29. The van der Waals surface area contributed by atoms with Crippen molar-refractivity contribution in [2.75, 3.05) is 35.7 Å². The normalized spacial score (nSPS) is 21.2. The van der Waals surface area contributed by atoms with Crippen LogP contribution >= 0.6 is 0 Å². The average molecular weight is 535 g/mol. The van der Waals surface area contributed by atoms with Crippen molar-refractivity contribution >= 4 is 40.9 Å². The minimum absolute atomic E-state index is 0.0436. The van der Waals surface area contributed by atoms with E-state index in [9.17, 15) is 19.2 Å². The molecule has 2 saturated heterocycles. The minimum atomic E-state index is -0.843. The third-order valence-corrected chi connectivity index (χ3v) is 7.51. The van der Waals surface area contributed by atoms with E-state index in [1.165, 1.54) is 12.8 Å². The third kappa shape index (κ3) is 6.60. The van der Waals surface area contributed by atoms with Crippen molar-refractivity contribution in [3.05, 3.63) is 48.5 Å². The first-order chi connectivity index (χ1) is 18.8. The fourth-order valence-corrected chi connectivity index (χ4v) is 5.34. The van der Waals surface area contributed by atoms with Gasteiger partial charge in [0.2, 0.25) is 11.8 Å². The van der Waals surface area contributed by atoms with Gasteiger partial charge in [-0.1, -0.05) is 0 Å². The summed E-state index contributed by atoms with van der Waals surface area (Å²) in [5.41, 5.74) is 2.32. The molecule has 3 fully saturated rings. The van der Waals surface area contributed by atoms with Crippen molar-refractivity contribution in [3.63, 3.8) is 0 Å². The number of anilines is 3. The molecule has 0 spiro atoms. The number of rotatable bonds is 7. The molecule has 0 radical (unpaired) electrons. The molecule has 11 nitrogen and oxygen atoms in total. The average Bonchev–Trinajstić information content (AvgIpc) is 3.62. The summed E-state index contributed by atoms with van der Waals surface area (Å²) in [7, 11) is 1.71. The molecule has 0 aromatic heterocycles. The number of amides is 6. The lowest BCUT2D eigenvalue weighted by Crippen LogP contribution is -2.59. The van der Waals surface area contributed by atoms with Crippen LogP contribution in [0.4, 0.5) is 26.7 Å². The zero-order valence-corrected chi connectivity index (χ0v) is 21.9. The molecule has 2 aromatic carbocycles. The Hall–Kier alpha value is -4.28. The predicted molar refractivity (Wildman–Crippen MR) is 147 cm³/mol. The van der Waals surface area contributed by atoms with Crippen LogP contribution in [0.25, 0.3) is 0 Å². The van der Waals surface area contributed by atoms with E-state index in [-0.39, 0.29) is 24.4 Å². The molecule has 6 amide bonds. The van der Waals surface area contributed by atoms with E-state index in [2.05, 4.69) is 26.2 Å². The van der Waals surface area contributed by atoms with Crippen LogP contribution in [0.3, 0.4) is 0 Å². The van der Waals surface area contributed by atoms with Crippen LogP contribution in [-0.4, -0.2) is 67.1 Å². The summed E-state index contributed by atoms with van der Waals surface area (Å²) in [6.07, 6.45) is 5.62. The van der Waals surface area contributed by atoms with Gasteiger partial charge in [0.1, 0.15) is 11.8 Å². The van der Waals surface area contributed by atoms with Crippen molar-refractivity contribution in [3.8, 4) is 5.75 Å². The third-order valence-electron chi connectivity index (χ3n) is 7.51. The summed E-state index contributed by atoms with van der Waals surface area (Å²) in [5.74, 6) is 0.0888. The molecule has 0 bridgehead atoms. The Morgan fingerprint density at radius 3 is 2.23 bits per heavy atom. The number of carbonyl (C=O) groups excluding carboxylic acids is 4. The first-order valence-electron chi connectivity index (χ1n) is 13.4. The lowest BCUT2D eigenvalue weighted by molar-refractivity contribution is -0.136. The van der Waals surface area contributed by atoms with E-state index in [0.29, 0.717) is 24.0 Å². The molecule has 3 aliphatic rings. The number of benzene rings is 2. The number of urea groups is 2. The summed E-state index contributed by atoms with van der Waals surface area (Å²) >= 11 is 0. The van der Waals surface area contributed by atoms with Crippen LogP contribution in [0.15, 0.2) is 48.5 Å². The van der Waals surface area contributed by atoms with Crippen LogP contribution in [0.5, 0.6) is 5.75 Å². The maximum absolute atomic E-state index is 12.8. The highest BCUT2D eigenvalue weighted by atomic mass is 16.5. The van der Waals surface area contributed by atoms with E-state index >= 15 is 0 Å². The van der Waals surface area contributed by atoms with Gasteiger partial charge in [0, 0.05) is 37.2 Å². The Labute approximate surface area is 227 Å². The highest BCUT2D eigenvalue weighted by molar-refractivity contribution is 6.02. The van der Waals surface area contributed by atoms with Crippen molar-refractivity contribution in [2.45, 2.75) is 56.7 Å². The number of carbonyl (C=O) groups is 4. The lowest BCUT2D eigenvalue weighted by Gasteiger charge is -2.31. The first kappa shape index (κ1) is 26.3. The van der Waals surface area contributed by atoms with Crippen molar-refractivity contribution in [1.82, 2.24) is 15.5 Å². The zero-order chi connectivity index (χ0) is 27.4. The van der Waals surface area contributed by atoms with Gasteiger partial charge in [0.05, 0.1) is 18.6 Å². The van der Waals surface area contributed by atoms with Gasteiger partial charge in [-0.05, 0) is 80.6 Å². The van der Waals surface area contributed by atoms with Gasteiger partial charge in [-0.25, -0.2) is 9.59 Å². The fourth-order valence-electron chi connectivity index (χ4n) is 5.34. The van der Waals surface area contributed by atoms with Crippen molar-refractivity contribution < 1.29 is 23.9 Å². The smallest absolute Gasteiger partial charge is 0.323 e. The van der Waals surface area contributed by atoms with E-state index in [1.54, 1.807) is 11.9 Å². The van der Waals surface area contributed by atoms with Gasteiger partial charge in [0.15, 0.2) is 0 Å². The zero-order valence-electron chi connectivity index (χ0n) is 21.9. The quantitative estimate of drug-likeness (QED) is 0.431. The molecule has 1 saturated carbocycles. The molecular weight excluding hydrogens is 500 g/mol. The molecule has 5 rings (SSSR count). The summed E-state index contributed by atoms with van der Waals surface area (Å²) < 4.78 is 5.97. The van der Waals surface area contributed by atoms with Gasteiger partial charge in [-0.3, -0.25) is 14.9 Å². The van der Waals surface area contributed by atoms with Gasteiger partial charge >= 0.3 is 12.1 Å². The molecule has 39 heavy (non-hydrogen) atoms. The lowest BCUT2D eigenvalue weighted by atomic mass is 10.1. The number of hydrogen-bond donors (Lipinski definition) is 4. The molecule has 2 aromatic rings. The Bertz CT molecular complexity index is 1200. The van der Waals surface area contributed by atoms with Crippen LogP contribution in [0.1, 0.15) is 38.5 Å². The van der Waals surface area contributed by atoms with Crippen LogP contribution in [0.2, 0.25) is 0 Å². The molecule has 11 heteroatoms. The highest BCUT2D eigenvalue weighted by Gasteiger charge is 2.35. The Morgan fingerprint density at radius 2 is 1.59 bits per heavy atom. The molecule has 1 aliphatic carbocycles. The number of ether oxygens (including phenoxy) is 1. The summed E-state index contributed by atoms with van der Waals surface area (Å²) in [4.78, 5) is 52.3. The fraction of sp³-hybridized carbons (Fsp3) is 0.429. The molecule has 2 heterocycles. The molecule has 2 unspecified atom stereocenters. The van der Waals surface area contributed by atoms with E-state index in [1.807, 2.05) is 48.5 Å². The number of likely N-dealkylation sites (N-methyl/N-ethyl adjacent to an activating group) is 1. The Morgan fingerprint density at radius 1 is 0.949 bits per heavy atom. The maximum atomic E-state index is 12.8. The summed E-state index contributed by atoms with van der Waals surface area (Å²) in [6, 6.07) is 13.1. The SMILES string of the molecule is CN(C(=O)C1CC(=O)NC(=O)N1)C1CCN(c2ccc(NC(=O)Nc3ccc(OC4CCCC4)cc3)cc2)C1. The van der Waals surface area contributed by atoms with Crippen molar-refractivity contribution in [2.24, 2.45) is 0 Å². The van der Waals surface area contributed by atoms with E-state index in [0.717, 1.165) is 37.2 Å². The van der Waals surface area contributed by atoms with Gasteiger partial charge in [-0.2, -0.15) is 0 Å². The van der Waals surface area contributed by atoms with Crippen LogP contribution in [-0.2, 0) is 9.59 Å². The summed E-state index contributed by atoms with van der Waals surface area (Å²) in [6.45, 7) is 1.39. The van der Waals surface area contributed by atoms with Crippen LogP contribution in [0, 0.1) is 0 Å². The second kappa shape index (κ2) is 11.6. The highest BCUT2D eigenvalue weighted by Crippen LogP contribution is 2.26. The number of hydrogen-bond acceptors (Lipinski definition) is 6. The van der Waals surface area contributed by atoms with Gasteiger partial charge in [-0.15, -0.1) is 0 Å². The largest absolute Gasteiger partial charge is 0.490 e. The molecule has 2 atom stereocenters. The van der Waals surface area contributed by atoms with Crippen molar-refractivity contribution in [1.29, 1.82) is 0 Å². The number of imide groups is 1. The standard InChI is InChI=1S/C28H34N6O5/c1-33(26(36)24-16-25(35)32-28(38)31-24)21-14-15-34(17-21)20-10-6-18(7-11-20)29-27(37)30-19-8-12-23(13-9-19)39-22-4-2-3-5-22/h6-13,21-22,24H,2-5,14-17H2,1H3,(H2,29,30,37)(H2,31,32,35,38). The van der Waals surface area contributed by atoms with E-state index < -0.39 is 18.0 Å². The molecule has 2 aliphatic heterocycles. The van der Waals surface area contributed by atoms with Gasteiger partial charge in [0.25, 0.3) is 0 Å². The van der Waals surface area contributed by atoms with E-state index in [4.69, 9.17) is 4.74 Å².